The van der Waals surface area contributed by atoms with Crippen LogP contribution in [0.15, 0.2) is 4.99 Å². The minimum absolute atomic E-state index is 0.0564. The van der Waals surface area contributed by atoms with E-state index in [0.717, 1.165) is 19.6 Å². The van der Waals surface area contributed by atoms with E-state index in [0.29, 0.717) is 25.7 Å². The minimum Gasteiger partial charge on any atom is -0.394 e. The van der Waals surface area contributed by atoms with Crippen LogP contribution in [-0.4, -0.2) is 62.7 Å². The molecule has 0 aromatic heterocycles. The van der Waals surface area contributed by atoms with Crippen molar-refractivity contribution in [2.75, 3.05) is 39.5 Å². The summed E-state index contributed by atoms with van der Waals surface area (Å²) in [5.41, 5.74) is 0. The lowest BCUT2D eigenvalue weighted by Crippen LogP contribution is -2.44. The van der Waals surface area contributed by atoms with Gasteiger partial charge in [0.05, 0.1) is 32.5 Å². The molecular weight excluding hydrogens is 234 g/mol. The van der Waals surface area contributed by atoms with E-state index < -0.39 is 0 Å². The number of ether oxygens (including phenoxy) is 2. The number of aliphatic hydroxyl groups is 1. The summed E-state index contributed by atoms with van der Waals surface area (Å²) >= 11 is 0. The summed E-state index contributed by atoms with van der Waals surface area (Å²) in [5, 5.41) is 15.1. The fourth-order valence-corrected chi connectivity index (χ4v) is 1.68. The topological polar surface area (TPSA) is 75.1 Å². The van der Waals surface area contributed by atoms with Gasteiger partial charge in [0, 0.05) is 19.2 Å². The lowest BCUT2D eigenvalue weighted by Gasteiger charge is -2.19. The number of aliphatic hydroxyl groups excluding tert-OH is 1. The van der Waals surface area contributed by atoms with Gasteiger partial charge in [-0.3, -0.25) is 4.99 Å². The minimum atomic E-state index is 0.0564. The van der Waals surface area contributed by atoms with Crippen LogP contribution in [-0.2, 0) is 9.47 Å². The molecule has 6 nitrogen and oxygen atoms in total. The summed E-state index contributed by atoms with van der Waals surface area (Å²) in [6, 6.07) is 0.169. The van der Waals surface area contributed by atoms with Crippen LogP contribution in [0, 0.1) is 0 Å². The molecule has 0 bridgehead atoms. The molecule has 0 aromatic rings. The Labute approximate surface area is 109 Å². The first kappa shape index (κ1) is 15.2. The van der Waals surface area contributed by atoms with Crippen molar-refractivity contribution in [1.29, 1.82) is 0 Å². The number of hydrogen-bond acceptors (Lipinski definition) is 4. The molecule has 1 fully saturated rings. The van der Waals surface area contributed by atoms with Crippen LogP contribution in [0.5, 0.6) is 0 Å². The molecule has 1 rings (SSSR count). The van der Waals surface area contributed by atoms with Crippen molar-refractivity contribution in [3.05, 3.63) is 0 Å². The van der Waals surface area contributed by atoms with Crippen LogP contribution in [0.2, 0.25) is 0 Å². The molecular formula is C12H25N3O3. The van der Waals surface area contributed by atoms with Crippen molar-refractivity contribution in [3.8, 4) is 0 Å². The van der Waals surface area contributed by atoms with E-state index in [2.05, 4.69) is 15.6 Å². The van der Waals surface area contributed by atoms with Gasteiger partial charge in [0.2, 0.25) is 0 Å². The third-order valence-corrected chi connectivity index (χ3v) is 2.57. The fraction of sp³-hybridized carbons (Fsp3) is 0.917. The van der Waals surface area contributed by atoms with E-state index in [9.17, 15) is 0 Å². The van der Waals surface area contributed by atoms with Crippen LogP contribution in [0.25, 0.3) is 0 Å². The molecule has 1 aliphatic heterocycles. The molecule has 18 heavy (non-hydrogen) atoms. The molecule has 1 heterocycles. The highest BCUT2D eigenvalue weighted by molar-refractivity contribution is 5.80. The Bertz CT molecular complexity index is 243. The largest absolute Gasteiger partial charge is 0.394 e. The molecule has 106 valence electrons. The maximum Gasteiger partial charge on any atom is 0.191 e. The highest BCUT2D eigenvalue weighted by atomic mass is 16.5. The zero-order chi connectivity index (χ0) is 13.2. The van der Waals surface area contributed by atoms with Crippen molar-refractivity contribution in [1.82, 2.24) is 10.6 Å². The van der Waals surface area contributed by atoms with Crippen LogP contribution in [0.3, 0.4) is 0 Å². The number of aliphatic imine (C=N–C) groups is 1. The SMILES string of the molecule is CCNC(=NCCO)NC(C)COC1CCOC1. The summed E-state index contributed by atoms with van der Waals surface area (Å²) in [6.45, 7) is 7.42. The Morgan fingerprint density at radius 3 is 3.06 bits per heavy atom. The summed E-state index contributed by atoms with van der Waals surface area (Å²) in [4.78, 5) is 4.22. The highest BCUT2D eigenvalue weighted by Gasteiger charge is 2.17. The third-order valence-electron chi connectivity index (χ3n) is 2.57. The molecule has 3 N–H and O–H groups in total. The van der Waals surface area contributed by atoms with Gasteiger partial charge >= 0.3 is 0 Å². The first-order valence-corrected chi connectivity index (χ1v) is 6.61. The molecule has 2 atom stereocenters. The summed E-state index contributed by atoms with van der Waals surface area (Å²) in [6.07, 6.45) is 1.21. The van der Waals surface area contributed by atoms with Crippen molar-refractivity contribution in [2.45, 2.75) is 32.4 Å². The van der Waals surface area contributed by atoms with E-state index >= 15 is 0 Å². The van der Waals surface area contributed by atoms with Crippen molar-refractivity contribution in [3.63, 3.8) is 0 Å². The average Bonchev–Trinajstić information content (AvgIpc) is 2.87. The Kier molecular flexibility index (Phi) is 7.71. The molecule has 0 amide bonds. The van der Waals surface area contributed by atoms with Gasteiger partial charge in [-0.2, -0.15) is 0 Å². The van der Waals surface area contributed by atoms with E-state index in [4.69, 9.17) is 14.6 Å². The Hall–Kier alpha value is -0.850. The monoisotopic (exact) mass is 259 g/mol. The Morgan fingerprint density at radius 2 is 2.44 bits per heavy atom. The number of guanidine groups is 1. The highest BCUT2D eigenvalue weighted by Crippen LogP contribution is 2.08. The number of nitrogens with one attached hydrogen (secondary N) is 2. The summed E-state index contributed by atoms with van der Waals surface area (Å²) < 4.78 is 11.0. The van der Waals surface area contributed by atoms with Gasteiger partial charge in [0.1, 0.15) is 0 Å². The van der Waals surface area contributed by atoms with Crippen LogP contribution in [0.4, 0.5) is 0 Å². The Balaban J connectivity index is 2.23. The second-order valence-electron chi connectivity index (χ2n) is 4.35. The second kappa shape index (κ2) is 9.13. The van der Waals surface area contributed by atoms with Crippen molar-refractivity contribution >= 4 is 5.96 Å². The van der Waals surface area contributed by atoms with E-state index in [-0.39, 0.29) is 18.8 Å². The van der Waals surface area contributed by atoms with Crippen LogP contribution in [0.1, 0.15) is 20.3 Å². The predicted molar refractivity (Wildman–Crippen MR) is 70.8 cm³/mol. The number of rotatable bonds is 7. The first-order valence-electron chi connectivity index (χ1n) is 6.61. The molecule has 6 heteroatoms. The molecule has 0 spiro atoms. The molecule has 0 aromatic carbocycles. The van der Waals surface area contributed by atoms with Gasteiger partial charge in [-0.15, -0.1) is 0 Å². The summed E-state index contributed by atoms with van der Waals surface area (Å²) in [5.74, 6) is 0.713. The van der Waals surface area contributed by atoms with Gasteiger partial charge in [-0.25, -0.2) is 0 Å². The smallest absolute Gasteiger partial charge is 0.191 e. The lowest BCUT2D eigenvalue weighted by molar-refractivity contribution is 0.0347. The molecule has 1 saturated heterocycles. The molecule has 2 unspecified atom stereocenters. The summed E-state index contributed by atoms with van der Waals surface area (Å²) in [7, 11) is 0. The van der Waals surface area contributed by atoms with Crippen LogP contribution < -0.4 is 10.6 Å². The van der Waals surface area contributed by atoms with Gasteiger partial charge in [0.15, 0.2) is 5.96 Å². The standard InChI is InChI=1S/C12H25N3O3/c1-3-13-12(14-5-6-16)15-10(2)8-18-11-4-7-17-9-11/h10-11,16H,3-9H2,1-2H3,(H2,13,14,15). The zero-order valence-electron chi connectivity index (χ0n) is 11.3. The quantitative estimate of drug-likeness (QED) is 0.433. The van der Waals surface area contributed by atoms with Crippen LogP contribution >= 0.6 is 0 Å². The molecule has 1 aliphatic rings. The van der Waals surface area contributed by atoms with Crippen molar-refractivity contribution in [2.24, 2.45) is 4.99 Å². The predicted octanol–water partition coefficient (Wildman–Crippen LogP) is -0.272. The molecule has 0 saturated carbocycles. The fourth-order valence-electron chi connectivity index (χ4n) is 1.68. The first-order chi connectivity index (χ1) is 8.76. The van der Waals surface area contributed by atoms with E-state index in [1.54, 1.807) is 0 Å². The Morgan fingerprint density at radius 1 is 1.61 bits per heavy atom. The average molecular weight is 259 g/mol. The van der Waals surface area contributed by atoms with Crippen molar-refractivity contribution < 1.29 is 14.6 Å². The van der Waals surface area contributed by atoms with Gasteiger partial charge in [-0.1, -0.05) is 0 Å². The third kappa shape index (κ3) is 6.18. The number of nitrogens with zero attached hydrogens (tertiary/aromatic N) is 1. The molecule has 0 aliphatic carbocycles. The second-order valence-corrected chi connectivity index (χ2v) is 4.35. The van der Waals surface area contributed by atoms with E-state index in [1.807, 2.05) is 13.8 Å². The van der Waals surface area contributed by atoms with E-state index in [1.165, 1.54) is 0 Å². The van der Waals surface area contributed by atoms with Gasteiger partial charge < -0.3 is 25.2 Å². The lowest BCUT2D eigenvalue weighted by atomic mass is 10.3. The normalized spacial score (nSPS) is 21.9. The maximum atomic E-state index is 8.76. The number of hydrogen-bond donors (Lipinski definition) is 3. The maximum absolute atomic E-state index is 8.76. The van der Waals surface area contributed by atoms with Gasteiger partial charge in [-0.05, 0) is 20.3 Å². The van der Waals surface area contributed by atoms with Gasteiger partial charge in [0.25, 0.3) is 0 Å². The zero-order valence-corrected chi connectivity index (χ0v) is 11.3. The molecule has 0 radical (unpaired) electrons.